The molecule has 0 aliphatic heterocycles. The molecule has 0 aliphatic rings. The summed E-state index contributed by atoms with van der Waals surface area (Å²) in [6, 6.07) is 0. The Labute approximate surface area is 117 Å². The second-order valence-corrected chi connectivity index (χ2v) is 3.28. The molecule has 0 saturated heterocycles. The number of amides is 1. The van der Waals surface area contributed by atoms with Gasteiger partial charge < -0.3 is 14.8 Å². The third-order valence-electron chi connectivity index (χ3n) is 2.08. The van der Waals surface area contributed by atoms with Crippen LogP contribution in [0.4, 0.5) is 4.39 Å². The Hall–Kier alpha value is -0.130. The molecule has 0 aliphatic carbocycles. The Morgan fingerprint density at radius 1 is 1.25 bits per heavy atom. The predicted octanol–water partition coefficient (Wildman–Crippen LogP) is -2.88. The molecule has 4 nitrogen and oxygen atoms in total. The molecule has 0 rings (SSSR count). The first-order valence-electron chi connectivity index (χ1n) is 5.15. The van der Waals surface area contributed by atoms with Gasteiger partial charge in [0.2, 0.25) is 5.91 Å². The zero-order chi connectivity index (χ0) is 11.7. The first-order valence-corrected chi connectivity index (χ1v) is 5.15. The number of nitrogens with zero attached hydrogens (tertiary/aromatic N) is 1. The van der Waals surface area contributed by atoms with E-state index in [-0.39, 0.29) is 55.1 Å². The molecule has 0 heterocycles. The number of rotatable bonds is 8. The number of hydrogen-bond donors (Lipinski definition) is 0. The Balaban J connectivity index is 0. The van der Waals surface area contributed by atoms with Crippen LogP contribution in [0.25, 0.3) is 0 Å². The van der Waals surface area contributed by atoms with Gasteiger partial charge in [0.15, 0.2) is 0 Å². The summed E-state index contributed by atoms with van der Waals surface area (Å²) in [5.41, 5.74) is 0. The van der Waals surface area contributed by atoms with Crippen molar-refractivity contribution in [1.82, 2.24) is 4.90 Å². The number of alkyl halides is 1. The number of unbranched alkanes of at least 4 members (excludes halogenated alkanes) is 2. The summed E-state index contributed by atoms with van der Waals surface area (Å²) in [7, 11) is 0. The van der Waals surface area contributed by atoms with Gasteiger partial charge in [-0.05, 0) is 19.8 Å². The molecule has 0 radical (unpaired) electrons. The van der Waals surface area contributed by atoms with E-state index in [0.29, 0.717) is 25.8 Å². The van der Waals surface area contributed by atoms with Crippen molar-refractivity contribution in [3.8, 4) is 0 Å². The minimum absolute atomic E-state index is 0. The number of likely N-dealkylation sites (N-methyl/N-ethyl adjacent to an activating group) is 1. The molecule has 0 fully saturated rings. The van der Waals surface area contributed by atoms with E-state index >= 15 is 0 Å². The summed E-state index contributed by atoms with van der Waals surface area (Å²) in [4.78, 5) is 22.9. The van der Waals surface area contributed by atoms with Crippen LogP contribution >= 0.6 is 0 Å². The average molecular weight is 241 g/mol. The minimum Gasteiger partial charge on any atom is -0.548 e. The maximum Gasteiger partial charge on any atom is 1.00 e. The fraction of sp³-hybridized carbons (Fsp3) is 0.800. The Bertz CT molecular complexity index is 214. The van der Waals surface area contributed by atoms with Gasteiger partial charge in [-0.15, -0.1) is 0 Å². The number of hydrogen-bond acceptors (Lipinski definition) is 3. The maximum absolute atomic E-state index is 11.7. The molecule has 0 aromatic rings. The zero-order valence-electron chi connectivity index (χ0n) is 10.00. The summed E-state index contributed by atoms with van der Waals surface area (Å²) in [6.07, 6.45) is 2.00. The molecule has 88 valence electrons. The minimum atomic E-state index is -1.26. The van der Waals surface area contributed by atoms with Gasteiger partial charge in [-0.2, -0.15) is 0 Å². The summed E-state index contributed by atoms with van der Waals surface area (Å²) >= 11 is 0. The second kappa shape index (κ2) is 11.4. The van der Waals surface area contributed by atoms with E-state index in [2.05, 4.69) is 0 Å². The van der Waals surface area contributed by atoms with E-state index < -0.39 is 5.97 Å². The summed E-state index contributed by atoms with van der Waals surface area (Å²) in [5.74, 6) is -1.46. The summed E-state index contributed by atoms with van der Waals surface area (Å²) in [6.45, 7) is 1.33. The van der Waals surface area contributed by atoms with Crippen molar-refractivity contribution < 1.29 is 48.6 Å². The molecule has 0 spiro atoms. The number of aliphatic carboxylic acids is 1. The molecule has 0 unspecified atom stereocenters. The largest absolute Gasteiger partial charge is 1.00 e. The first kappa shape index (κ1) is 18.2. The average Bonchev–Trinajstić information content (AvgIpc) is 2.20. The van der Waals surface area contributed by atoms with Gasteiger partial charge in [0.25, 0.3) is 0 Å². The van der Waals surface area contributed by atoms with E-state index in [1.807, 2.05) is 0 Å². The topological polar surface area (TPSA) is 60.4 Å². The van der Waals surface area contributed by atoms with E-state index in [1.165, 1.54) is 4.90 Å². The van der Waals surface area contributed by atoms with Gasteiger partial charge in [-0.1, -0.05) is 6.42 Å². The third-order valence-corrected chi connectivity index (χ3v) is 2.08. The van der Waals surface area contributed by atoms with Crippen LogP contribution in [-0.4, -0.2) is 36.5 Å². The smallest absolute Gasteiger partial charge is 0.548 e. The van der Waals surface area contributed by atoms with Crippen molar-refractivity contribution >= 4 is 11.9 Å². The molecule has 0 N–H and O–H groups in total. The van der Waals surface area contributed by atoms with Crippen molar-refractivity contribution in [3.05, 3.63) is 0 Å². The van der Waals surface area contributed by atoms with Crippen LogP contribution in [-0.2, 0) is 9.59 Å². The van der Waals surface area contributed by atoms with Gasteiger partial charge in [0.05, 0.1) is 19.2 Å². The number of halogens is 1. The van der Waals surface area contributed by atoms with Gasteiger partial charge >= 0.3 is 29.6 Å². The van der Waals surface area contributed by atoms with Gasteiger partial charge in [0.1, 0.15) is 0 Å². The molecule has 16 heavy (non-hydrogen) atoms. The zero-order valence-corrected chi connectivity index (χ0v) is 12.0. The standard InChI is InChI=1S/C10H18FNO3.Na/c1-2-12(8-10(14)15)9(13)6-4-3-5-7-11;/h2-8H2,1H3,(H,14,15);/q;+1/p-1. The second-order valence-electron chi connectivity index (χ2n) is 3.28. The van der Waals surface area contributed by atoms with Gasteiger partial charge in [-0.3, -0.25) is 9.18 Å². The fourth-order valence-corrected chi connectivity index (χ4v) is 1.24. The van der Waals surface area contributed by atoms with Crippen molar-refractivity contribution in [2.45, 2.75) is 32.6 Å². The Morgan fingerprint density at radius 2 is 1.88 bits per heavy atom. The van der Waals surface area contributed by atoms with Crippen LogP contribution < -0.4 is 34.7 Å². The van der Waals surface area contributed by atoms with Crippen LogP contribution in [0.15, 0.2) is 0 Å². The van der Waals surface area contributed by atoms with Crippen molar-refractivity contribution in [3.63, 3.8) is 0 Å². The SMILES string of the molecule is CCN(CC(=O)[O-])C(=O)CCCCCF.[Na+]. The normalized spacial score (nSPS) is 9.38. The van der Waals surface area contributed by atoms with Crippen LogP contribution in [0.1, 0.15) is 32.6 Å². The number of carbonyl (C=O) groups excluding carboxylic acids is 2. The van der Waals surface area contributed by atoms with Crippen molar-refractivity contribution in [2.75, 3.05) is 19.8 Å². The first-order chi connectivity index (χ1) is 7.11. The van der Waals surface area contributed by atoms with Crippen LogP contribution in [0.3, 0.4) is 0 Å². The summed E-state index contributed by atoms with van der Waals surface area (Å²) in [5, 5.41) is 10.3. The molecule has 6 heteroatoms. The van der Waals surface area contributed by atoms with Crippen molar-refractivity contribution in [1.29, 1.82) is 0 Å². The summed E-state index contributed by atoms with van der Waals surface area (Å²) < 4.78 is 11.7. The molecule has 0 bridgehead atoms. The van der Waals surface area contributed by atoms with E-state index in [1.54, 1.807) is 6.92 Å². The van der Waals surface area contributed by atoms with Crippen LogP contribution in [0.5, 0.6) is 0 Å². The Kier molecular flexibility index (Phi) is 12.9. The Morgan fingerprint density at radius 3 is 2.31 bits per heavy atom. The maximum atomic E-state index is 11.7. The molecule has 0 aromatic heterocycles. The monoisotopic (exact) mass is 241 g/mol. The van der Waals surface area contributed by atoms with E-state index in [0.717, 1.165) is 0 Å². The van der Waals surface area contributed by atoms with Gasteiger partial charge in [-0.25, -0.2) is 0 Å². The molecular formula is C10H17FNNaO3. The third kappa shape index (κ3) is 9.12. The van der Waals surface area contributed by atoms with E-state index in [4.69, 9.17) is 0 Å². The van der Waals surface area contributed by atoms with E-state index in [9.17, 15) is 19.1 Å². The number of carboxylic acid groups (broad SMARTS) is 1. The molecule has 0 saturated carbocycles. The molecule has 0 aromatic carbocycles. The van der Waals surface area contributed by atoms with Crippen LogP contribution in [0, 0.1) is 0 Å². The molecular weight excluding hydrogens is 224 g/mol. The van der Waals surface area contributed by atoms with Crippen LogP contribution in [0.2, 0.25) is 0 Å². The molecule has 1 amide bonds. The predicted molar refractivity (Wildman–Crippen MR) is 51.7 cm³/mol. The number of carboxylic acids is 1. The quantitative estimate of drug-likeness (QED) is 0.339. The molecule has 0 atom stereocenters. The fourth-order valence-electron chi connectivity index (χ4n) is 1.24. The van der Waals surface area contributed by atoms with Crippen molar-refractivity contribution in [2.24, 2.45) is 0 Å². The number of carbonyl (C=O) groups is 2. The van der Waals surface area contributed by atoms with Gasteiger partial charge in [0, 0.05) is 13.0 Å².